The van der Waals surface area contributed by atoms with Crippen molar-refractivity contribution in [2.45, 2.75) is 6.92 Å². The zero-order valence-electron chi connectivity index (χ0n) is 18.0. The van der Waals surface area contributed by atoms with Crippen LogP contribution in [-0.4, -0.2) is 59.6 Å². The average Bonchev–Trinajstić information content (AvgIpc) is 2.76. The summed E-state index contributed by atoms with van der Waals surface area (Å²) in [4.78, 5) is 27.2. The third-order valence-electron chi connectivity index (χ3n) is 4.38. The van der Waals surface area contributed by atoms with E-state index in [9.17, 15) is 9.18 Å². The summed E-state index contributed by atoms with van der Waals surface area (Å²) >= 11 is 5.86. The van der Waals surface area contributed by atoms with Crippen LogP contribution in [0.4, 0.5) is 21.8 Å². The number of esters is 1. The Morgan fingerprint density at radius 3 is 2.75 bits per heavy atom. The number of anilines is 3. The number of benzene rings is 1. The maximum absolute atomic E-state index is 13.4. The SMILES string of the molecule is CCOC(=O)c1cncc(-c2cnc(Nc3ccc(F)c(Cl)c3)nc2NCCN(C)C)c1. The second-order valence-electron chi connectivity index (χ2n) is 7.12. The summed E-state index contributed by atoms with van der Waals surface area (Å²) in [6, 6.07) is 5.96. The number of hydrogen-bond donors (Lipinski definition) is 2. The van der Waals surface area contributed by atoms with Crippen LogP contribution in [0, 0.1) is 5.82 Å². The molecule has 1 aromatic carbocycles. The van der Waals surface area contributed by atoms with Crippen molar-refractivity contribution >= 4 is 35.0 Å². The minimum atomic E-state index is -0.506. The number of carbonyl (C=O) groups is 1. The highest BCUT2D eigenvalue weighted by atomic mass is 35.5. The molecular weight excluding hydrogens is 435 g/mol. The predicted molar refractivity (Wildman–Crippen MR) is 123 cm³/mol. The molecule has 0 saturated heterocycles. The Bertz CT molecular complexity index is 1100. The molecule has 0 saturated carbocycles. The molecule has 0 spiro atoms. The van der Waals surface area contributed by atoms with E-state index in [1.807, 2.05) is 19.0 Å². The van der Waals surface area contributed by atoms with Crippen molar-refractivity contribution in [3.05, 3.63) is 59.3 Å². The largest absolute Gasteiger partial charge is 0.462 e. The molecule has 168 valence electrons. The van der Waals surface area contributed by atoms with E-state index in [0.29, 0.717) is 40.7 Å². The van der Waals surface area contributed by atoms with Crippen LogP contribution in [0.3, 0.4) is 0 Å². The third-order valence-corrected chi connectivity index (χ3v) is 4.67. The molecule has 8 nitrogen and oxygen atoms in total. The molecule has 3 aromatic rings. The van der Waals surface area contributed by atoms with E-state index in [1.165, 1.54) is 18.3 Å². The lowest BCUT2D eigenvalue weighted by molar-refractivity contribution is 0.0526. The van der Waals surface area contributed by atoms with Crippen LogP contribution in [-0.2, 0) is 4.74 Å². The summed E-state index contributed by atoms with van der Waals surface area (Å²) < 4.78 is 18.5. The number of halogens is 2. The van der Waals surface area contributed by atoms with Crippen LogP contribution in [0.2, 0.25) is 5.02 Å². The predicted octanol–water partition coefficient (Wildman–Crippen LogP) is 4.22. The molecule has 2 N–H and O–H groups in total. The molecule has 0 atom stereocenters. The summed E-state index contributed by atoms with van der Waals surface area (Å²) in [6.07, 6.45) is 4.71. The van der Waals surface area contributed by atoms with E-state index in [2.05, 4.69) is 25.6 Å². The van der Waals surface area contributed by atoms with Crippen LogP contribution < -0.4 is 10.6 Å². The summed E-state index contributed by atoms with van der Waals surface area (Å²) in [7, 11) is 3.95. The van der Waals surface area contributed by atoms with Crippen molar-refractivity contribution in [2.24, 2.45) is 0 Å². The molecule has 0 amide bonds. The van der Waals surface area contributed by atoms with Gasteiger partial charge in [-0.3, -0.25) is 4.98 Å². The van der Waals surface area contributed by atoms with E-state index in [0.717, 1.165) is 6.54 Å². The van der Waals surface area contributed by atoms with Crippen LogP contribution in [0.5, 0.6) is 0 Å². The molecule has 0 aliphatic carbocycles. The zero-order chi connectivity index (χ0) is 23.1. The van der Waals surface area contributed by atoms with Crippen molar-refractivity contribution in [3.8, 4) is 11.1 Å². The molecule has 2 heterocycles. The van der Waals surface area contributed by atoms with Gasteiger partial charge in [-0.05, 0) is 45.3 Å². The van der Waals surface area contributed by atoms with Crippen LogP contribution in [0.25, 0.3) is 11.1 Å². The lowest BCUT2D eigenvalue weighted by atomic mass is 10.1. The normalized spacial score (nSPS) is 10.8. The second-order valence-corrected chi connectivity index (χ2v) is 7.53. The van der Waals surface area contributed by atoms with Gasteiger partial charge in [-0.25, -0.2) is 14.2 Å². The van der Waals surface area contributed by atoms with Crippen molar-refractivity contribution < 1.29 is 13.9 Å². The molecule has 32 heavy (non-hydrogen) atoms. The van der Waals surface area contributed by atoms with Gasteiger partial charge in [0.2, 0.25) is 5.95 Å². The van der Waals surface area contributed by atoms with Gasteiger partial charge in [0, 0.05) is 48.5 Å². The smallest absolute Gasteiger partial charge is 0.339 e. The molecule has 2 aromatic heterocycles. The van der Waals surface area contributed by atoms with Gasteiger partial charge in [-0.15, -0.1) is 0 Å². The van der Waals surface area contributed by atoms with Gasteiger partial charge in [0.05, 0.1) is 17.2 Å². The summed E-state index contributed by atoms with van der Waals surface area (Å²) in [5.41, 5.74) is 2.23. The average molecular weight is 459 g/mol. The van der Waals surface area contributed by atoms with Crippen LogP contribution in [0.15, 0.2) is 42.9 Å². The van der Waals surface area contributed by atoms with E-state index in [-0.39, 0.29) is 11.6 Å². The molecule has 10 heteroatoms. The quantitative estimate of drug-likeness (QED) is 0.460. The topological polar surface area (TPSA) is 92.3 Å². The number of aromatic nitrogens is 3. The minimum Gasteiger partial charge on any atom is -0.462 e. The standard InChI is InChI=1S/C22H24ClFN6O2/c1-4-32-21(31)15-9-14(11-25-12-15)17-13-27-22(29-20(17)26-7-8-30(2)3)28-16-5-6-19(24)18(23)10-16/h5-6,9-13H,4,7-8H2,1-3H3,(H2,26,27,28,29). The Balaban J connectivity index is 1.93. The molecular formula is C22H24ClFN6O2. The van der Waals surface area contributed by atoms with E-state index in [4.69, 9.17) is 16.3 Å². The summed E-state index contributed by atoms with van der Waals surface area (Å²) in [5.74, 6) is -0.0940. The Labute approximate surface area is 190 Å². The maximum atomic E-state index is 13.4. The monoisotopic (exact) mass is 458 g/mol. The van der Waals surface area contributed by atoms with E-state index in [1.54, 1.807) is 31.5 Å². The third kappa shape index (κ3) is 6.12. The highest BCUT2D eigenvalue weighted by Gasteiger charge is 2.14. The molecule has 0 unspecified atom stereocenters. The number of rotatable bonds is 9. The second kappa shape index (κ2) is 10.8. The van der Waals surface area contributed by atoms with Crippen molar-refractivity contribution in [2.75, 3.05) is 44.4 Å². The van der Waals surface area contributed by atoms with Crippen molar-refractivity contribution in [3.63, 3.8) is 0 Å². The maximum Gasteiger partial charge on any atom is 0.339 e. The number of carbonyl (C=O) groups excluding carboxylic acids is 1. The molecule has 0 aliphatic heterocycles. The first-order valence-electron chi connectivity index (χ1n) is 9.97. The van der Waals surface area contributed by atoms with Gasteiger partial charge in [-0.1, -0.05) is 11.6 Å². The summed E-state index contributed by atoms with van der Waals surface area (Å²) in [6.45, 7) is 3.43. The van der Waals surface area contributed by atoms with Gasteiger partial charge in [0.1, 0.15) is 11.6 Å². The Kier molecular flexibility index (Phi) is 7.91. The minimum absolute atomic E-state index is 0.00203. The fourth-order valence-corrected chi connectivity index (χ4v) is 2.98. The van der Waals surface area contributed by atoms with Gasteiger partial charge in [-0.2, -0.15) is 4.98 Å². The number of hydrogen-bond acceptors (Lipinski definition) is 8. The number of nitrogens with zero attached hydrogens (tertiary/aromatic N) is 4. The van der Waals surface area contributed by atoms with Gasteiger partial charge >= 0.3 is 5.97 Å². The zero-order valence-corrected chi connectivity index (χ0v) is 18.8. The molecule has 0 radical (unpaired) electrons. The first kappa shape index (κ1) is 23.4. The van der Waals surface area contributed by atoms with Crippen molar-refractivity contribution in [1.29, 1.82) is 0 Å². The van der Waals surface area contributed by atoms with Gasteiger partial charge in [0.25, 0.3) is 0 Å². The fraction of sp³-hybridized carbons (Fsp3) is 0.273. The Morgan fingerprint density at radius 1 is 1.22 bits per heavy atom. The van der Waals surface area contributed by atoms with E-state index < -0.39 is 11.8 Å². The molecule has 0 bridgehead atoms. The highest BCUT2D eigenvalue weighted by Crippen LogP contribution is 2.28. The lowest BCUT2D eigenvalue weighted by Gasteiger charge is -2.15. The van der Waals surface area contributed by atoms with Gasteiger partial charge in [0.15, 0.2) is 0 Å². The Hall–Kier alpha value is -3.30. The number of likely N-dealkylation sites (N-methyl/N-ethyl adjacent to an activating group) is 1. The molecule has 0 fully saturated rings. The molecule has 3 rings (SSSR count). The number of nitrogens with one attached hydrogen (secondary N) is 2. The lowest BCUT2D eigenvalue weighted by Crippen LogP contribution is -2.21. The van der Waals surface area contributed by atoms with Crippen LogP contribution in [0.1, 0.15) is 17.3 Å². The number of pyridine rings is 1. The summed E-state index contributed by atoms with van der Waals surface area (Å²) in [5, 5.41) is 6.32. The first-order chi connectivity index (χ1) is 15.4. The van der Waals surface area contributed by atoms with Crippen LogP contribution >= 0.6 is 11.6 Å². The Morgan fingerprint density at radius 2 is 2.03 bits per heavy atom. The van der Waals surface area contributed by atoms with Crippen molar-refractivity contribution in [1.82, 2.24) is 19.9 Å². The fourth-order valence-electron chi connectivity index (χ4n) is 2.80. The van der Waals surface area contributed by atoms with E-state index >= 15 is 0 Å². The molecule has 0 aliphatic rings. The first-order valence-corrected chi connectivity index (χ1v) is 10.4. The number of ether oxygens (including phenoxy) is 1. The van der Waals surface area contributed by atoms with Gasteiger partial charge < -0.3 is 20.3 Å². The highest BCUT2D eigenvalue weighted by molar-refractivity contribution is 6.31.